The van der Waals surface area contributed by atoms with E-state index in [4.69, 9.17) is 14.6 Å². The minimum atomic E-state index is 0.217. The van der Waals surface area contributed by atoms with Gasteiger partial charge in [-0.15, -0.1) is 0 Å². The van der Waals surface area contributed by atoms with E-state index in [9.17, 15) is 0 Å². The standard InChI is InChI=1S/C25H27BrN4O2/c1-14-23(26)15(2)30(29-14)13-17-11-16(5-8-22(17)32-4)24-25-19(9-10-27-24)20-12-18(31-3)6-7-21(20)28-25/h5-8,11-12,24,27-28H,9-10,13H2,1-4H3/p+1/t24-/m1/s1. The molecule has 2 aromatic heterocycles. The summed E-state index contributed by atoms with van der Waals surface area (Å²) in [6.07, 6.45) is 1.04. The Hall–Kier alpha value is -2.77. The molecule has 0 radical (unpaired) electrons. The SMILES string of the molecule is COc1ccc2[nH]c3c(c2c1)CC[NH2+][C@@H]3c1ccc(OC)c(Cn2nc(C)c(Br)c2C)c1. The fraction of sp³-hybridized carbons (Fsp3) is 0.320. The molecule has 0 bridgehead atoms. The van der Waals surface area contributed by atoms with E-state index in [-0.39, 0.29) is 6.04 Å². The van der Waals surface area contributed by atoms with Crippen LogP contribution in [0.5, 0.6) is 11.5 Å². The molecule has 0 aliphatic carbocycles. The fourth-order valence-corrected chi connectivity index (χ4v) is 5.11. The molecular weight excluding hydrogens is 468 g/mol. The van der Waals surface area contributed by atoms with Gasteiger partial charge in [-0.25, -0.2) is 0 Å². The van der Waals surface area contributed by atoms with Gasteiger partial charge in [0.05, 0.1) is 48.9 Å². The van der Waals surface area contributed by atoms with E-state index in [0.717, 1.165) is 51.4 Å². The van der Waals surface area contributed by atoms with Crippen molar-refractivity contribution in [2.75, 3.05) is 20.8 Å². The summed E-state index contributed by atoms with van der Waals surface area (Å²) in [5.41, 5.74) is 8.35. The Morgan fingerprint density at radius 1 is 1.16 bits per heavy atom. The number of nitrogens with zero attached hydrogens (tertiary/aromatic N) is 2. The third-order valence-electron chi connectivity index (χ3n) is 6.53. The second-order valence-corrected chi connectivity index (χ2v) is 9.19. The van der Waals surface area contributed by atoms with Crippen molar-refractivity contribution >= 4 is 26.8 Å². The summed E-state index contributed by atoms with van der Waals surface area (Å²) in [5, 5.41) is 8.37. The average Bonchev–Trinajstić information content (AvgIpc) is 3.30. The summed E-state index contributed by atoms with van der Waals surface area (Å²) < 4.78 is 14.3. The molecule has 166 valence electrons. The van der Waals surface area contributed by atoms with E-state index in [2.05, 4.69) is 63.5 Å². The third-order valence-corrected chi connectivity index (χ3v) is 7.68. The average molecular weight is 496 g/mol. The van der Waals surface area contributed by atoms with Crippen molar-refractivity contribution in [3.8, 4) is 11.5 Å². The van der Waals surface area contributed by atoms with Crippen molar-refractivity contribution in [1.82, 2.24) is 14.8 Å². The van der Waals surface area contributed by atoms with Crippen molar-refractivity contribution in [3.05, 3.63) is 74.6 Å². The molecule has 1 atom stereocenters. The Morgan fingerprint density at radius 3 is 2.72 bits per heavy atom. The van der Waals surface area contributed by atoms with Crippen LogP contribution in [-0.2, 0) is 13.0 Å². The number of hydrogen-bond acceptors (Lipinski definition) is 3. The molecule has 2 aromatic carbocycles. The van der Waals surface area contributed by atoms with Crippen LogP contribution in [-0.4, -0.2) is 35.5 Å². The number of nitrogens with two attached hydrogens (primary N) is 1. The molecular formula is C25H28BrN4O2+. The van der Waals surface area contributed by atoms with E-state index in [1.807, 2.05) is 17.7 Å². The highest BCUT2D eigenvalue weighted by Gasteiger charge is 2.29. The maximum absolute atomic E-state index is 5.70. The molecule has 0 amide bonds. The van der Waals surface area contributed by atoms with Crippen molar-refractivity contribution in [3.63, 3.8) is 0 Å². The first-order valence-corrected chi connectivity index (χ1v) is 11.7. The largest absolute Gasteiger partial charge is 0.497 e. The summed E-state index contributed by atoms with van der Waals surface area (Å²) in [4.78, 5) is 3.69. The van der Waals surface area contributed by atoms with Gasteiger partial charge in [0.15, 0.2) is 6.04 Å². The Labute approximate surface area is 196 Å². The monoisotopic (exact) mass is 495 g/mol. The molecule has 1 aliphatic heterocycles. The minimum Gasteiger partial charge on any atom is -0.497 e. The predicted molar refractivity (Wildman–Crippen MR) is 129 cm³/mol. The van der Waals surface area contributed by atoms with Gasteiger partial charge in [0.1, 0.15) is 11.5 Å². The number of aryl methyl sites for hydroxylation is 1. The molecule has 5 rings (SSSR count). The number of halogens is 1. The number of ether oxygens (including phenoxy) is 2. The number of rotatable bonds is 5. The Morgan fingerprint density at radius 2 is 2.00 bits per heavy atom. The van der Waals surface area contributed by atoms with Gasteiger partial charge in [0, 0.05) is 28.5 Å². The predicted octanol–water partition coefficient (Wildman–Crippen LogP) is 4.02. The van der Waals surface area contributed by atoms with E-state index in [1.54, 1.807) is 14.2 Å². The zero-order chi connectivity index (χ0) is 22.4. The molecule has 6 nitrogen and oxygen atoms in total. The molecule has 0 fully saturated rings. The first-order valence-electron chi connectivity index (χ1n) is 10.9. The molecule has 3 N–H and O–H groups in total. The van der Waals surface area contributed by atoms with Gasteiger partial charge in [0.25, 0.3) is 0 Å². The van der Waals surface area contributed by atoms with Crippen LogP contribution in [0.25, 0.3) is 10.9 Å². The smallest absolute Gasteiger partial charge is 0.153 e. The zero-order valence-corrected chi connectivity index (χ0v) is 20.4. The number of hydrogen-bond donors (Lipinski definition) is 2. The van der Waals surface area contributed by atoms with Crippen molar-refractivity contribution < 1.29 is 14.8 Å². The number of nitrogens with one attached hydrogen (secondary N) is 1. The van der Waals surface area contributed by atoms with Gasteiger partial charge in [-0.3, -0.25) is 4.68 Å². The molecule has 0 spiro atoms. The van der Waals surface area contributed by atoms with Crippen LogP contribution < -0.4 is 14.8 Å². The first kappa shape index (κ1) is 21.1. The Balaban J connectivity index is 1.56. The van der Waals surface area contributed by atoms with Gasteiger partial charge in [-0.05, 0) is 71.7 Å². The molecule has 0 unspecified atom stereocenters. The summed E-state index contributed by atoms with van der Waals surface area (Å²) in [5.74, 6) is 1.78. The van der Waals surface area contributed by atoms with E-state index in [0.29, 0.717) is 6.54 Å². The Kier molecular flexibility index (Phi) is 5.47. The van der Waals surface area contributed by atoms with Crippen molar-refractivity contribution in [1.29, 1.82) is 0 Å². The van der Waals surface area contributed by atoms with E-state index >= 15 is 0 Å². The summed E-state index contributed by atoms with van der Waals surface area (Å²) in [7, 11) is 3.45. The lowest BCUT2D eigenvalue weighted by Gasteiger charge is -2.22. The summed E-state index contributed by atoms with van der Waals surface area (Å²) in [6, 6.07) is 13.0. The minimum absolute atomic E-state index is 0.217. The Bertz CT molecular complexity index is 1310. The number of benzene rings is 2. The number of aromatic amines is 1. The van der Waals surface area contributed by atoms with Gasteiger partial charge < -0.3 is 19.8 Å². The van der Waals surface area contributed by atoms with Crippen LogP contribution in [0.2, 0.25) is 0 Å². The van der Waals surface area contributed by atoms with Crippen LogP contribution in [0.3, 0.4) is 0 Å². The topological polar surface area (TPSA) is 68.7 Å². The lowest BCUT2D eigenvalue weighted by atomic mass is 9.93. The number of quaternary nitrogens is 1. The highest BCUT2D eigenvalue weighted by Crippen LogP contribution is 2.34. The molecule has 7 heteroatoms. The van der Waals surface area contributed by atoms with E-state index < -0.39 is 0 Å². The second-order valence-electron chi connectivity index (χ2n) is 8.39. The van der Waals surface area contributed by atoms with Crippen LogP contribution >= 0.6 is 15.9 Å². The molecule has 32 heavy (non-hydrogen) atoms. The third kappa shape index (κ3) is 3.49. The van der Waals surface area contributed by atoms with Crippen LogP contribution in [0.4, 0.5) is 0 Å². The lowest BCUT2D eigenvalue weighted by Crippen LogP contribution is -2.87. The summed E-state index contributed by atoms with van der Waals surface area (Å²) >= 11 is 3.64. The fourth-order valence-electron chi connectivity index (χ4n) is 4.83. The van der Waals surface area contributed by atoms with Crippen molar-refractivity contribution in [2.45, 2.75) is 32.9 Å². The quantitative estimate of drug-likeness (QED) is 0.439. The molecule has 1 aliphatic rings. The number of methoxy groups -OCH3 is 2. The molecule has 0 saturated heterocycles. The second kappa shape index (κ2) is 8.30. The number of fused-ring (bicyclic) bond motifs is 3. The summed E-state index contributed by atoms with van der Waals surface area (Å²) in [6.45, 7) is 5.82. The van der Waals surface area contributed by atoms with Gasteiger partial charge >= 0.3 is 0 Å². The maximum Gasteiger partial charge on any atom is 0.153 e. The highest BCUT2D eigenvalue weighted by atomic mass is 79.9. The lowest BCUT2D eigenvalue weighted by molar-refractivity contribution is -0.690. The first-order chi connectivity index (χ1) is 15.5. The van der Waals surface area contributed by atoms with Crippen LogP contribution in [0.15, 0.2) is 40.9 Å². The zero-order valence-electron chi connectivity index (χ0n) is 18.8. The highest BCUT2D eigenvalue weighted by molar-refractivity contribution is 9.10. The van der Waals surface area contributed by atoms with Crippen molar-refractivity contribution in [2.24, 2.45) is 0 Å². The maximum atomic E-state index is 5.70. The van der Waals surface area contributed by atoms with Crippen LogP contribution in [0, 0.1) is 13.8 Å². The number of aromatic nitrogens is 3. The van der Waals surface area contributed by atoms with Crippen LogP contribution in [0.1, 0.15) is 39.8 Å². The molecule has 0 saturated carbocycles. The van der Waals surface area contributed by atoms with E-state index in [1.165, 1.54) is 22.2 Å². The van der Waals surface area contributed by atoms with Gasteiger partial charge in [0.2, 0.25) is 0 Å². The van der Waals surface area contributed by atoms with Gasteiger partial charge in [-0.2, -0.15) is 5.10 Å². The normalized spacial score (nSPS) is 15.7. The molecule has 3 heterocycles. The molecule has 4 aromatic rings. The number of H-pyrrole nitrogens is 1. The van der Waals surface area contributed by atoms with Gasteiger partial charge in [-0.1, -0.05) is 0 Å².